The second-order valence-corrected chi connectivity index (χ2v) is 8.74. The Labute approximate surface area is 202 Å². The van der Waals surface area contributed by atoms with Gasteiger partial charge in [0, 0.05) is 23.1 Å². The monoisotopic (exact) mass is 528 g/mol. The van der Waals surface area contributed by atoms with Crippen molar-refractivity contribution in [3.8, 4) is 5.75 Å². The van der Waals surface area contributed by atoms with Crippen LogP contribution in [0.25, 0.3) is 0 Å². The number of amides is 2. The minimum atomic E-state index is -0.627. The molecule has 31 heavy (non-hydrogen) atoms. The lowest BCUT2D eigenvalue weighted by atomic mass is 10.1. The van der Waals surface area contributed by atoms with Crippen molar-refractivity contribution >= 4 is 50.9 Å². The number of hydrogen-bond donors (Lipinski definition) is 1. The van der Waals surface area contributed by atoms with Crippen LogP contribution in [0.5, 0.6) is 5.75 Å². The molecule has 0 fully saturated rings. The third-order valence-corrected chi connectivity index (χ3v) is 5.98. The molecule has 2 rings (SSSR count). The first kappa shape index (κ1) is 25.5. The van der Waals surface area contributed by atoms with E-state index in [4.69, 9.17) is 27.9 Å². The van der Waals surface area contributed by atoms with Gasteiger partial charge in [-0.15, -0.1) is 0 Å². The van der Waals surface area contributed by atoms with Crippen LogP contribution in [-0.2, 0) is 16.1 Å². The molecule has 2 aromatic rings. The van der Waals surface area contributed by atoms with Crippen LogP contribution in [0.15, 0.2) is 46.9 Å². The maximum atomic E-state index is 13.2. The molecule has 8 heteroatoms. The zero-order valence-electron chi connectivity index (χ0n) is 17.7. The highest BCUT2D eigenvalue weighted by atomic mass is 79.9. The molecule has 1 atom stereocenters. The number of ether oxygens (including phenoxy) is 1. The summed E-state index contributed by atoms with van der Waals surface area (Å²) in [5.41, 5.74) is 0.769. The number of halogens is 3. The van der Waals surface area contributed by atoms with E-state index < -0.39 is 6.04 Å². The first-order valence-corrected chi connectivity index (χ1v) is 11.8. The van der Waals surface area contributed by atoms with Crippen LogP contribution in [0.2, 0.25) is 10.0 Å². The third-order valence-electron chi connectivity index (χ3n) is 4.76. The molecule has 0 saturated heterocycles. The molecule has 2 amide bonds. The second kappa shape index (κ2) is 12.9. The first-order valence-electron chi connectivity index (χ1n) is 10.3. The second-order valence-electron chi connectivity index (χ2n) is 7.05. The van der Waals surface area contributed by atoms with E-state index in [0.717, 1.165) is 18.4 Å². The molecule has 1 N–H and O–H groups in total. The lowest BCUT2D eigenvalue weighted by Gasteiger charge is -2.31. The molecular formula is C23H27BrCl2N2O3. The minimum absolute atomic E-state index is 0.177. The smallest absolute Gasteiger partial charge is 0.261 e. The van der Waals surface area contributed by atoms with E-state index in [-0.39, 0.29) is 25.0 Å². The summed E-state index contributed by atoms with van der Waals surface area (Å²) in [6.07, 6.45) is 2.33. The molecule has 2 aromatic carbocycles. The largest absolute Gasteiger partial charge is 0.483 e. The number of hydrogen-bond acceptors (Lipinski definition) is 3. The maximum absolute atomic E-state index is 13.2. The molecule has 0 saturated carbocycles. The van der Waals surface area contributed by atoms with Crippen molar-refractivity contribution in [3.63, 3.8) is 0 Å². The van der Waals surface area contributed by atoms with E-state index in [0.29, 0.717) is 33.2 Å². The fourth-order valence-corrected chi connectivity index (χ4v) is 4.04. The van der Waals surface area contributed by atoms with E-state index in [2.05, 4.69) is 28.2 Å². The fraction of sp³-hybridized carbons (Fsp3) is 0.391. The summed E-state index contributed by atoms with van der Waals surface area (Å²) in [5.74, 6) is 0.0131. The highest BCUT2D eigenvalue weighted by molar-refractivity contribution is 9.10. The molecule has 0 aromatic heterocycles. The number of benzene rings is 2. The summed E-state index contributed by atoms with van der Waals surface area (Å²) in [6, 6.07) is 11.7. The Morgan fingerprint density at radius 1 is 1.16 bits per heavy atom. The van der Waals surface area contributed by atoms with E-state index in [1.807, 2.05) is 25.1 Å². The minimum Gasteiger partial charge on any atom is -0.483 e. The van der Waals surface area contributed by atoms with Crippen LogP contribution in [0.3, 0.4) is 0 Å². The SMILES string of the molecule is CCCCNC(=O)[C@H](CC)N(Cc1ccccc1Cl)C(=O)COc1ccc(Cl)cc1Br. The van der Waals surface area contributed by atoms with Crippen molar-refractivity contribution in [2.75, 3.05) is 13.2 Å². The number of carbonyl (C=O) groups excluding carboxylic acids is 2. The van der Waals surface area contributed by atoms with E-state index in [1.54, 1.807) is 24.3 Å². The normalized spacial score (nSPS) is 11.6. The van der Waals surface area contributed by atoms with E-state index in [1.165, 1.54) is 4.90 Å². The van der Waals surface area contributed by atoms with Crippen molar-refractivity contribution in [2.45, 2.75) is 45.7 Å². The summed E-state index contributed by atoms with van der Waals surface area (Å²) in [6.45, 7) is 4.51. The molecule has 0 heterocycles. The summed E-state index contributed by atoms with van der Waals surface area (Å²) >= 11 is 15.7. The molecule has 0 aliphatic carbocycles. The number of unbranched alkanes of at least 4 members (excludes halogenated alkanes) is 1. The van der Waals surface area contributed by atoms with Gasteiger partial charge in [-0.3, -0.25) is 9.59 Å². The van der Waals surface area contributed by atoms with Crippen molar-refractivity contribution < 1.29 is 14.3 Å². The van der Waals surface area contributed by atoms with Gasteiger partial charge in [-0.2, -0.15) is 0 Å². The van der Waals surface area contributed by atoms with Crippen molar-refractivity contribution in [1.29, 1.82) is 0 Å². The molecule has 0 radical (unpaired) electrons. The topological polar surface area (TPSA) is 58.6 Å². The zero-order chi connectivity index (χ0) is 22.8. The van der Waals surface area contributed by atoms with Gasteiger partial charge in [0.15, 0.2) is 6.61 Å². The Kier molecular flexibility index (Phi) is 10.6. The number of nitrogens with zero attached hydrogens (tertiary/aromatic N) is 1. The molecule has 0 aliphatic rings. The highest BCUT2D eigenvalue weighted by Crippen LogP contribution is 2.28. The molecule has 5 nitrogen and oxygen atoms in total. The fourth-order valence-electron chi connectivity index (χ4n) is 3.05. The van der Waals surface area contributed by atoms with Gasteiger partial charge < -0.3 is 15.0 Å². The lowest BCUT2D eigenvalue weighted by Crippen LogP contribution is -2.50. The predicted octanol–water partition coefficient (Wildman–Crippen LogP) is 5.86. The van der Waals surface area contributed by atoms with Crippen LogP contribution in [0, 0.1) is 0 Å². The summed E-state index contributed by atoms with van der Waals surface area (Å²) in [4.78, 5) is 27.6. The van der Waals surface area contributed by atoms with Crippen LogP contribution in [0.1, 0.15) is 38.7 Å². The Morgan fingerprint density at radius 2 is 1.90 bits per heavy atom. The molecule has 0 aliphatic heterocycles. The standard InChI is InChI=1S/C23H27BrCl2N2O3/c1-3-5-12-27-23(30)20(4-2)28(14-16-8-6-7-9-19(16)26)22(29)15-31-21-11-10-17(25)13-18(21)24/h6-11,13,20H,3-5,12,14-15H2,1-2H3,(H,27,30)/t20-/m0/s1. The van der Waals surface area contributed by atoms with E-state index in [9.17, 15) is 9.59 Å². The molecular weight excluding hydrogens is 503 g/mol. The molecule has 0 bridgehead atoms. The lowest BCUT2D eigenvalue weighted by molar-refractivity contribution is -0.143. The third kappa shape index (κ3) is 7.70. The Balaban J connectivity index is 2.21. The number of rotatable bonds is 11. The van der Waals surface area contributed by atoms with Gasteiger partial charge in [-0.05, 0) is 58.6 Å². The van der Waals surface area contributed by atoms with Gasteiger partial charge >= 0.3 is 0 Å². The average Bonchev–Trinajstić information content (AvgIpc) is 2.74. The number of nitrogens with one attached hydrogen (secondary N) is 1. The summed E-state index contributed by atoms with van der Waals surface area (Å²) < 4.78 is 6.36. The Bertz CT molecular complexity index is 895. The van der Waals surface area contributed by atoms with Crippen molar-refractivity contribution in [3.05, 3.63) is 62.5 Å². The van der Waals surface area contributed by atoms with Crippen LogP contribution < -0.4 is 10.1 Å². The first-order chi connectivity index (χ1) is 14.9. The van der Waals surface area contributed by atoms with Crippen molar-refractivity contribution in [2.24, 2.45) is 0 Å². The quantitative estimate of drug-likeness (QED) is 0.371. The van der Waals surface area contributed by atoms with Crippen LogP contribution in [-0.4, -0.2) is 35.9 Å². The summed E-state index contributed by atoms with van der Waals surface area (Å²) in [7, 11) is 0. The van der Waals surface area contributed by atoms with Gasteiger partial charge in [-0.25, -0.2) is 0 Å². The van der Waals surface area contributed by atoms with Gasteiger partial charge in [0.1, 0.15) is 11.8 Å². The number of carbonyl (C=O) groups is 2. The van der Waals surface area contributed by atoms with Crippen LogP contribution in [0.4, 0.5) is 0 Å². The van der Waals surface area contributed by atoms with Crippen molar-refractivity contribution in [1.82, 2.24) is 10.2 Å². The predicted molar refractivity (Wildman–Crippen MR) is 129 cm³/mol. The van der Waals surface area contributed by atoms with Gasteiger partial charge in [0.25, 0.3) is 5.91 Å². The van der Waals surface area contributed by atoms with Gasteiger partial charge in [0.2, 0.25) is 5.91 Å². The molecule has 0 unspecified atom stereocenters. The van der Waals surface area contributed by atoms with Crippen LogP contribution >= 0.6 is 39.1 Å². The average molecular weight is 530 g/mol. The summed E-state index contributed by atoms with van der Waals surface area (Å²) in [5, 5.41) is 4.03. The Hall–Kier alpha value is -1.76. The van der Waals surface area contributed by atoms with E-state index >= 15 is 0 Å². The Morgan fingerprint density at radius 3 is 2.55 bits per heavy atom. The molecule has 0 spiro atoms. The molecule has 168 valence electrons. The zero-order valence-corrected chi connectivity index (χ0v) is 20.8. The highest BCUT2D eigenvalue weighted by Gasteiger charge is 2.29. The van der Waals surface area contributed by atoms with Gasteiger partial charge in [0.05, 0.1) is 4.47 Å². The maximum Gasteiger partial charge on any atom is 0.261 e. The van der Waals surface area contributed by atoms with Gasteiger partial charge in [-0.1, -0.05) is 61.7 Å².